The Morgan fingerprint density at radius 1 is 1.44 bits per heavy atom. The van der Waals surface area contributed by atoms with Gasteiger partial charge >= 0.3 is 0 Å². The minimum absolute atomic E-state index is 0.202. The van der Waals surface area contributed by atoms with Gasteiger partial charge in [0.2, 0.25) is 5.13 Å². The van der Waals surface area contributed by atoms with Crippen LogP contribution in [0.25, 0.3) is 0 Å². The van der Waals surface area contributed by atoms with Gasteiger partial charge in [0.05, 0.1) is 24.1 Å². The highest BCUT2D eigenvalue weighted by Gasteiger charge is 2.16. The van der Waals surface area contributed by atoms with E-state index in [0.29, 0.717) is 17.2 Å². The van der Waals surface area contributed by atoms with E-state index in [0.717, 1.165) is 11.3 Å². The van der Waals surface area contributed by atoms with E-state index < -0.39 is 0 Å². The molecule has 0 saturated carbocycles. The van der Waals surface area contributed by atoms with E-state index in [-0.39, 0.29) is 5.91 Å². The number of hydrogen-bond acceptors (Lipinski definition) is 6. The molecule has 1 aliphatic rings. The molecule has 0 radical (unpaired) electrons. The highest BCUT2D eigenvalue weighted by atomic mass is 32.1. The largest absolute Gasteiger partial charge is 0.346 e. The lowest BCUT2D eigenvalue weighted by molar-refractivity contribution is 0.102. The van der Waals surface area contributed by atoms with E-state index in [1.165, 1.54) is 11.3 Å². The van der Waals surface area contributed by atoms with Crippen molar-refractivity contribution in [3.8, 4) is 0 Å². The van der Waals surface area contributed by atoms with Crippen LogP contribution in [-0.2, 0) is 6.54 Å². The maximum Gasteiger partial charge on any atom is 0.259 e. The maximum atomic E-state index is 12.1. The second-order valence-electron chi connectivity index (χ2n) is 3.65. The fourth-order valence-corrected chi connectivity index (χ4v) is 2.18. The Bertz CT molecular complexity index is 608. The van der Waals surface area contributed by atoms with Gasteiger partial charge in [0.1, 0.15) is 5.51 Å². The van der Waals surface area contributed by atoms with Gasteiger partial charge in [-0.3, -0.25) is 15.1 Å². The Kier molecular flexibility index (Phi) is 2.73. The van der Waals surface area contributed by atoms with Crippen molar-refractivity contribution >= 4 is 34.4 Å². The summed E-state index contributed by atoms with van der Waals surface area (Å²) in [4.78, 5) is 16.2. The van der Waals surface area contributed by atoms with Crippen LogP contribution < -0.4 is 10.6 Å². The number of anilines is 2. The molecule has 0 atom stereocenters. The zero-order chi connectivity index (χ0) is 12.4. The quantitative estimate of drug-likeness (QED) is 0.861. The first-order chi connectivity index (χ1) is 8.84. The van der Waals surface area contributed by atoms with Crippen molar-refractivity contribution in [1.82, 2.24) is 10.2 Å². The second-order valence-corrected chi connectivity index (χ2v) is 4.49. The van der Waals surface area contributed by atoms with Gasteiger partial charge in [0.25, 0.3) is 5.91 Å². The van der Waals surface area contributed by atoms with Gasteiger partial charge in [-0.05, 0) is 11.6 Å². The van der Waals surface area contributed by atoms with Crippen molar-refractivity contribution in [2.24, 2.45) is 4.99 Å². The first-order valence-electron chi connectivity index (χ1n) is 5.29. The number of rotatable bonds is 2. The zero-order valence-electron chi connectivity index (χ0n) is 9.25. The molecule has 2 aromatic rings. The second kappa shape index (κ2) is 4.53. The number of hydrogen-bond donors (Lipinski definition) is 2. The van der Waals surface area contributed by atoms with Gasteiger partial charge in [-0.2, -0.15) is 0 Å². The maximum absolute atomic E-state index is 12.1. The zero-order valence-corrected chi connectivity index (χ0v) is 10.1. The van der Waals surface area contributed by atoms with E-state index >= 15 is 0 Å². The number of carbonyl (C=O) groups is 1. The summed E-state index contributed by atoms with van der Waals surface area (Å²) in [6, 6.07) is 5.55. The Balaban J connectivity index is 1.91. The van der Waals surface area contributed by atoms with E-state index in [1.54, 1.807) is 17.9 Å². The number of benzene rings is 1. The van der Waals surface area contributed by atoms with Crippen LogP contribution in [0.3, 0.4) is 0 Å². The highest BCUT2D eigenvalue weighted by Crippen LogP contribution is 2.24. The number of fused-ring (bicyclic) bond motifs is 1. The summed E-state index contributed by atoms with van der Waals surface area (Å²) in [6.45, 7) is 0.586. The lowest BCUT2D eigenvalue weighted by Gasteiger charge is -2.15. The van der Waals surface area contributed by atoms with Crippen molar-refractivity contribution < 1.29 is 4.79 Å². The monoisotopic (exact) mass is 259 g/mol. The molecule has 1 amide bonds. The van der Waals surface area contributed by atoms with Crippen molar-refractivity contribution in [3.05, 3.63) is 34.8 Å². The minimum Gasteiger partial charge on any atom is -0.346 e. The van der Waals surface area contributed by atoms with Crippen LogP contribution in [0.5, 0.6) is 0 Å². The molecule has 0 aliphatic carbocycles. The Labute approximate surface area is 107 Å². The Morgan fingerprint density at radius 3 is 3.22 bits per heavy atom. The number of aromatic nitrogens is 2. The standard InChI is InChI=1S/C11H9N5OS/c17-10(15-11-16-14-6-18-11)8-3-1-2-7-4-12-5-13-9(7)8/h1-3,5-6H,4H2,(H,12,13)(H,15,16,17). The number of nitrogens with zero attached hydrogens (tertiary/aromatic N) is 3. The number of amides is 1. The lowest BCUT2D eigenvalue weighted by atomic mass is 10.1. The number of para-hydroxylation sites is 1. The first-order valence-corrected chi connectivity index (χ1v) is 6.17. The van der Waals surface area contributed by atoms with E-state index in [9.17, 15) is 4.79 Å². The van der Waals surface area contributed by atoms with Gasteiger partial charge in [0.15, 0.2) is 0 Å². The molecule has 0 spiro atoms. The predicted octanol–water partition coefficient (Wildman–Crippen LogP) is 1.74. The molecule has 7 heteroatoms. The van der Waals surface area contributed by atoms with Gasteiger partial charge in [-0.1, -0.05) is 23.5 Å². The van der Waals surface area contributed by atoms with Crippen molar-refractivity contribution in [3.63, 3.8) is 0 Å². The Morgan fingerprint density at radius 2 is 2.39 bits per heavy atom. The van der Waals surface area contributed by atoms with Gasteiger partial charge in [-0.25, -0.2) is 0 Å². The molecule has 6 nitrogen and oxygen atoms in total. The fourth-order valence-electron chi connectivity index (χ4n) is 1.74. The van der Waals surface area contributed by atoms with Crippen LogP contribution in [-0.4, -0.2) is 22.4 Å². The summed E-state index contributed by atoms with van der Waals surface area (Å²) in [6.07, 6.45) is 1.60. The molecule has 18 heavy (non-hydrogen) atoms. The Hall–Kier alpha value is -2.28. The van der Waals surface area contributed by atoms with Crippen molar-refractivity contribution in [1.29, 1.82) is 0 Å². The summed E-state index contributed by atoms with van der Waals surface area (Å²) in [5.74, 6) is -0.202. The molecule has 90 valence electrons. The average Bonchev–Trinajstić information content (AvgIpc) is 2.91. The van der Waals surface area contributed by atoms with Crippen LogP contribution in [0.1, 0.15) is 15.9 Å². The predicted molar refractivity (Wildman–Crippen MR) is 70.1 cm³/mol. The van der Waals surface area contributed by atoms with Gasteiger partial charge in [0, 0.05) is 0 Å². The molecule has 1 aliphatic heterocycles. The third-order valence-corrected chi connectivity index (χ3v) is 3.14. The molecule has 3 rings (SSSR count). The highest BCUT2D eigenvalue weighted by molar-refractivity contribution is 7.13. The number of aliphatic imine (C=N–C) groups is 1. The SMILES string of the molecule is O=C(Nc1nncs1)c1cccc2c1NC=NC2. The lowest BCUT2D eigenvalue weighted by Crippen LogP contribution is -2.17. The molecular formula is C11H9N5OS. The molecule has 0 saturated heterocycles. The first kappa shape index (κ1) is 10.8. The molecule has 2 heterocycles. The van der Waals surface area contributed by atoms with Crippen molar-refractivity contribution in [2.75, 3.05) is 10.6 Å². The van der Waals surface area contributed by atoms with Crippen LogP contribution in [0.15, 0.2) is 28.7 Å². The van der Waals surface area contributed by atoms with Crippen molar-refractivity contribution in [2.45, 2.75) is 6.54 Å². The van der Waals surface area contributed by atoms with Crippen LogP contribution in [0, 0.1) is 0 Å². The summed E-state index contributed by atoms with van der Waals surface area (Å²) in [5, 5.41) is 13.7. The third-order valence-electron chi connectivity index (χ3n) is 2.54. The van der Waals surface area contributed by atoms with E-state index in [1.807, 2.05) is 12.1 Å². The molecule has 1 aromatic carbocycles. The third kappa shape index (κ3) is 1.95. The van der Waals surface area contributed by atoms with E-state index in [4.69, 9.17) is 0 Å². The summed E-state index contributed by atoms with van der Waals surface area (Å²) >= 11 is 1.28. The van der Waals surface area contributed by atoms with Gasteiger partial charge in [-0.15, -0.1) is 10.2 Å². The number of nitrogens with one attached hydrogen (secondary N) is 2. The fraction of sp³-hybridized carbons (Fsp3) is 0.0909. The molecular weight excluding hydrogens is 250 g/mol. The smallest absolute Gasteiger partial charge is 0.259 e. The summed E-state index contributed by atoms with van der Waals surface area (Å²) in [5.41, 5.74) is 3.95. The van der Waals surface area contributed by atoms with Crippen LogP contribution in [0.2, 0.25) is 0 Å². The normalized spacial score (nSPS) is 12.7. The topological polar surface area (TPSA) is 79.3 Å². The summed E-state index contributed by atoms with van der Waals surface area (Å²) < 4.78 is 0. The van der Waals surface area contributed by atoms with Crippen LogP contribution in [0.4, 0.5) is 10.8 Å². The summed E-state index contributed by atoms with van der Waals surface area (Å²) in [7, 11) is 0. The molecule has 0 fully saturated rings. The van der Waals surface area contributed by atoms with E-state index in [2.05, 4.69) is 25.8 Å². The van der Waals surface area contributed by atoms with Crippen LogP contribution >= 0.6 is 11.3 Å². The molecule has 2 N–H and O–H groups in total. The minimum atomic E-state index is -0.202. The molecule has 1 aromatic heterocycles. The average molecular weight is 259 g/mol. The van der Waals surface area contributed by atoms with Gasteiger partial charge < -0.3 is 5.32 Å². The molecule has 0 bridgehead atoms. The number of carbonyl (C=O) groups excluding carboxylic acids is 1. The molecule has 0 unspecified atom stereocenters.